The zero-order chi connectivity index (χ0) is 10.3. The number of aromatic amines is 2. The third-order valence-corrected chi connectivity index (χ3v) is 2.38. The fourth-order valence-corrected chi connectivity index (χ4v) is 1.69. The number of hydrogen-bond donors (Lipinski definition) is 2. The Morgan fingerprint density at radius 2 is 1.93 bits per heavy atom. The lowest BCUT2D eigenvalue weighted by atomic mass is 10.1. The maximum atomic E-state index is 10.9. The molecule has 4 nitrogen and oxygen atoms in total. The Kier molecular flexibility index (Phi) is 1.56. The molecule has 0 aliphatic carbocycles. The van der Waals surface area contributed by atoms with Crippen molar-refractivity contribution in [2.45, 2.75) is 0 Å². The summed E-state index contributed by atoms with van der Waals surface area (Å²) >= 11 is 0. The number of para-hydroxylation sites is 1. The van der Waals surface area contributed by atoms with Gasteiger partial charge in [0.1, 0.15) is 0 Å². The molecule has 0 aliphatic rings. The molecule has 2 N–H and O–H groups in total. The molecule has 15 heavy (non-hydrogen) atoms. The van der Waals surface area contributed by atoms with Crippen LogP contribution in [0.1, 0.15) is 0 Å². The molecule has 1 aromatic carbocycles. The van der Waals surface area contributed by atoms with E-state index in [9.17, 15) is 4.79 Å². The monoisotopic (exact) mass is 200 g/mol. The summed E-state index contributed by atoms with van der Waals surface area (Å²) in [7, 11) is 0. The second-order valence-corrected chi connectivity index (χ2v) is 3.29. The quantitative estimate of drug-likeness (QED) is 0.632. The standard InChI is InChI=1S/C11H8N2O2/c14-11-13-6-10(15-11)8-5-12-9-4-2-1-3-7(8)9/h1-6,12H,(H,13,14). The number of benzene rings is 1. The van der Waals surface area contributed by atoms with Crippen LogP contribution in [-0.2, 0) is 0 Å². The van der Waals surface area contributed by atoms with Crippen molar-refractivity contribution < 1.29 is 4.42 Å². The van der Waals surface area contributed by atoms with Crippen LogP contribution < -0.4 is 5.76 Å². The summed E-state index contributed by atoms with van der Waals surface area (Å²) in [6, 6.07) is 7.86. The molecule has 0 unspecified atom stereocenters. The highest BCUT2D eigenvalue weighted by Crippen LogP contribution is 2.26. The highest BCUT2D eigenvalue weighted by molar-refractivity contribution is 5.93. The van der Waals surface area contributed by atoms with Gasteiger partial charge >= 0.3 is 5.76 Å². The topological polar surface area (TPSA) is 61.8 Å². The molecule has 0 saturated carbocycles. The van der Waals surface area contributed by atoms with Gasteiger partial charge in [-0.2, -0.15) is 0 Å². The number of fused-ring (bicyclic) bond motifs is 1. The van der Waals surface area contributed by atoms with E-state index in [-0.39, 0.29) is 0 Å². The van der Waals surface area contributed by atoms with Gasteiger partial charge in [0.2, 0.25) is 0 Å². The molecule has 4 heteroatoms. The predicted molar refractivity (Wildman–Crippen MR) is 56.6 cm³/mol. The van der Waals surface area contributed by atoms with E-state index in [0.29, 0.717) is 5.76 Å². The van der Waals surface area contributed by atoms with E-state index < -0.39 is 5.76 Å². The molecule has 0 saturated heterocycles. The fraction of sp³-hybridized carbons (Fsp3) is 0. The van der Waals surface area contributed by atoms with Crippen LogP contribution in [0.15, 0.2) is 45.9 Å². The molecule has 0 amide bonds. The van der Waals surface area contributed by atoms with Gasteiger partial charge in [-0.1, -0.05) is 18.2 Å². The SMILES string of the molecule is O=c1[nH]cc(-c2c[nH]c3ccccc23)o1. The highest BCUT2D eigenvalue weighted by atomic mass is 16.4. The Bertz CT molecular complexity index is 660. The number of hydrogen-bond acceptors (Lipinski definition) is 2. The van der Waals surface area contributed by atoms with E-state index in [0.717, 1.165) is 16.5 Å². The average molecular weight is 200 g/mol. The van der Waals surface area contributed by atoms with Crippen LogP contribution in [0.3, 0.4) is 0 Å². The van der Waals surface area contributed by atoms with Gasteiger partial charge in [-0.05, 0) is 6.07 Å². The normalized spacial score (nSPS) is 10.9. The Balaban J connectivity index is 2.32. The first kappa shape index (κ1) is 8.11. The van der Waals surface area contributed by atoms with Crippen LogP contribution in [0.5, 0.6) is 0 Å². The van der Waals surface area contributed by atoms with Crippen molar-refractivity contribution in [3.05, 3.63) is 47.2 Å². The van der Waals surface area contributed by atoms with Crippen LogP contribution >= 0.6 is 0 Å². The Labute approximate surface area is 84.6 Å². The lowest BCUT2D eigenvalue weighted by Gasteiger charge is -1.91. The molecule has 74 valence electrons. The first-order valence-electron chi connectivity index (χ1n) is 4.59. The van der Waals surface area contributed by atoms with Gasteiger partial charge in [0.25, 0.3) is 0 Å². The van der Waals surface area contributed by atoms with E-state index in [4.69, 9.17) is 4.42 Å². The van der Waals surface area contributed by atoms with Crippen LogP contribution in [0.2, 0.25) is 0 Å². The lowest BCUT2D eigenvalue weighted by molar-refractivity contribution is 0.529. The van der Waals surface area contributed by atoms with E-state index in [1.165, 1.54) is 0 Å². The van der Waals surface area contributed by atoms with Crippen LogP contribution in [0, 0.1) is 0 Å². The molecule has 0 aliphatic heterocycles. The summed E-state index contributed by atoms with van der Waals surface area (Å²) in [5, 5.41) is 1.04. The van der Waals surface area contributed by atoms with Crippen LogP contribution in [0.4, 0.5) is 0 Å². The number of rotatable bonds is 1. The van der Waals surface area contributed by atoms with Gasteiger partial charge in [0.05, 0.1) is 6.20 Å². The number of nitrogens with one attached hydrogen (secondary N) is 2. The van der Waals surface area contributed by atoms with Gasteiger partial charge in [0, 0.05) is 22.7 Å². The summed E-state index contributed by atoms with van der Waals surface area (Å²) in [5.41, 5.74) is 1.92. The molecule has 0 radical (unpaired) electrons. The highest BCUT2D eigenvalue weighted by Gasteiger charge is 2.08. The molecule has 2 heterocycles. The first-order valence-corrected chi connectivity index (χ1v) is 4.59. The van der Waals surface area contributed by atoms with E-state index in [2.05, 4.69) is 9.97 Å². The van der Waals surface area contributed by atoms with Crippen LogP contribution in [0.25, 0.3) is 22.2 Å². The van der Waals surface area contributed by atoms with Gasteiger partial charge in [-0.15, -0.1) is 0 Å². The molecular formula is C11H8N2O2. The fourth-order valence-electron chi connectivity index (χ4n) is 1.69. The average Bonchev–Trinajstić information content (AvgIpc) is 2.83. The predicted octanol–water partition coefficient (Wildman–Crippen LogP) is 2.12. The van der Waals surface area contributed by atoms with Crippen molar-refractivity contribution in [1.29, 1.82) is 0 Å². The minimum absolute atomic E-state index is 0.435. The van der Waals surface area contributed by atoms with Crippen molar-refractivity contribution in [3.63, 3.8) is 0 Å². The number of aromatic nitrogens is 2. The lowest BCUT2D eigenvalue weighted by Crippen LogP contribution is -1.92. The van der Waals surface area contributed by atoms with Crippen LogP contribution in [-0.4, -0.2) is 9.97 Å². The molecule has 0 spiro atoms. The van der Waals surface area contributed by atoms with Gasteiger partial charge in [-0.3, -0.25) is 4.98 Å². The number of oxazole rings is 1. The molecule has 3 aromatic rings. The van der Waals surface area contributed by atoms with E-state index in [1.807, 2.05) is 30.5 Å². The smallest absolute Gasteiger partial charge is 0.408 e. The summed E-state index contributed by atoms with van der Waals surface area (Å²) in [6.07, 6.45) is 3.40. The molecular weight excluding hydrogens is 192 g/mol. The Morgan fingerprint density at radius 1 is 1.07 bits per heavy atom. The first-order chi connectivity index (χ1) is 7.34. The summed E-state index contributed by atoms with van der Waals surface area (Å²) in [4.78, 5) is 16.5. The van der Waals surface area contributed by atoms with Gasteiger partial charge in [-0.25, -0.2) is 4.79 Å². The van der Waals surface area contributed by atoms with E-state index in [1.54, 1.807) is 6.20 Å². The maximum Gasteiger partial charge on any atom is 0.416 e. The molecule has 3 rings (SSSR count). The largest absolute Gasteiger partial charge is 0.416 e. The molecule has 0 bridgehead atoms. The molecule has 2 aromatic heterocycles. The van der Waals surface area contributed by atoms with Crippen molar-refractivity contribution in [2.24, 2.45) is 0 Å². The van der Waals surface area contributed by atoms with Crippen molar-refractivity contribution in [3.8, 4) is 11.3 Å². The zero-order valence-corrected chi connectivity index (χ0v) is 7.78. The third-order valence-electron chi connectivity index (χ3n) is 2.38. The van der Waals surface area contributed by atoms with Crippen molar-refractivity contribution in [1.82, 2.24) is 9.97 Å². The zero-order valence-electron chi connectivity index (χ0n) is 7.78. The maximum absolute atomic E-state index is 10.9. The number of H-pyrrole nitrogens is 2. The van der Waals surface area contributed by atoms with Crippen molar-refractivity contribution >= 4 is 10.9 Å². The molecule has 0 atom stereocenters. The summed E-state index contributed by atoms with van der Waals surface area (Å²) in [5.74, 6) is 0.118. The Morgan fingerprint density at radius 3 is 2.73 bits per heavy atom. The molecule has 0 fully saturated rings. The van der Waals surface area contributed by atoms with Crippen molar-refractivity contribution in [2.75, 3.05) is 0 Å². The third kappa shape index (κ3) is 1.19. The summed E-state index contributed by atoms with van der Waals surface area (Å²) in [6.45, 7) is 0. The minimum atomic E-state index is -0.435. The second kappa shape index (κ2) is 2.88. The second-order valence-electron chi connectivity index (χ2n) is 3.29. The van der Waals surface area contributed by atoms with Gasteiger partial charge in [0.15, 0.2) is 5.76 Å². The van der Waals surface area contributed by atoms with Gasteiger partial charge < -0.3 is 9.40 Å². The minimum Gasteiger partial charge on any atom is -0.408 e. The Hall–Kier alpha value is -2.23. The summed E-state index contributed by atoms with van der Waals surface area (Å²) < 4.78 is 5.00. The van der Waals surface area contributed by atoms with E-state index >= 15 is 0 Å².